The first-order chi connectivity index (χ1) is 24.4. The van der Waals surface area contributed by atoms with E-state index < -0.39 is 0 Å². The molecule has 0 spiro atoms. The van der Waals surface area contributed by atoms with Gasteiger partial charge in [0.1, 0.15) is 0 Å². The Morgan fingerprint density at radius 3 is 1.98 bits per heavy atom. The zero-order valence-corrected chi connectivity index (χ0v) is 31.0. The molecule has 2 unspecified atom stereocenters. The van der Waals surface area contributed by atoms with Crippen LogP contribution in [0.15, 0.2) is 84.9 Å². The van der Waals surface area contributed by atoms with E-state index in [0.717, 1.165) is 29.4 Å². The second kappa shape index (κ2) is 10.7. The van der Waals surface area contributed by atoms with E-state index in [2.05, 4.69) is 154 Å². The zero-order chi connectivity index (χ0) is 35.6. The minimum Gasteiger partial charge on any atom is -0.327 e. The average Bonchev–Trinajstić information content (AvgIpc) is 3.68. The zero-order valence-electron chi connectivity index (χ0n) is 31.0. The molecule has 7 aromatic rings. The Morgan fingerprint density at radius 2 is 1.33 bits per heavy atom. The summed E-state index contributed by atoms with van der Waals surface area (Å²) in [6.45, 7) is 17.7. The molecule has 5 aromatic carbocycles. The number of hydrogen-bond donors (Lipinski definition) is 0. The number of aryl methyl sites for hydroxylation is 1. The molecule has 0 aliphatic heterocycles. The van der Waals surface area contributed by atoms with Crippen molar-refractivity contribution in [3.05, 3.63) is 107 Å². The molecule has 252 valence electrons. The summed E-state index contributed by atoms with van der Waals surface area (Å²) in [6, 6.07) is 32.8. The minimum atomic E-state index is -0.0984. The van der Waals surface area contributed by atoms with Crippen LogP contribution in [0.4, 0.5) is 0 Å². The predicted molar refractivity (Wildman–Crippen MR) is 217 cm³/mol. The third-order valence-corrected chi connectivity index (χ3v) is 13.3. The Morgan fingerprint density at radius 1 is 0.706 bits per heavy atom. The van der Waals surface area contributed by atoms with Gasteiger partial charge in [0.2, 0.25) is 0 Å². The Balaban J connectivity index is 1.32. The molecule has 0 saturated heterocycles. The van der Waals surface area contributed by atoms with Crippen molar-refractivity contribution in [2.75, 3.05) is 0 Å². The molecule has 0 radical (unpaired) electrons. The maximum atomic E-state index is 6.11. The lowest BCUT2D eigenvalue weighted by Gasteiger charge is -2.43. The van der Waals surface area contributed by atoms with Crippen LogP contribution in [0.25, 0.3) is 65.9 Å². The van der Waals surface area contributed by atoms with Gasteiger partial charge in [0.25, 0.3) is 0 Å². The molecular formula is C49H46N2. The fourth-order valence-corrected chi connectivity index (χ4v) is 9.74. The van der Waals surface area contributed by atoms with E-state index in [0.29, 0.717) is 19.0 Å². The van der Waals surface area contributed by atoms with Crippen LogP contribution in [0, 0.1) is 35.5 Å². The maximum Gasteiger partial charge on any atom is 0.0841 e. The topological polar surface area (TPSA) is 9.86 Å². The van der Waals surface area contributed by atoms with Crippen molar-refractivity contribution in [1.82, 2.24) is 9.13 Å². The van der Waals surface area contributed by atoms with E-state index in [1.165, 1.54) is 71.6 Å². The van der Waals surface area contributed by atoms with Gasteiger partial charge in [-0.15, -0.1) is 12.8 Å². The lowest BCUT2D eigenvalue weighted by Crippen LogP contribution is -2.38. The van der Waals surface area contributed by atoms with Crippen LogP contribution in [0.2, 0.25) is 0 Å². The molecule has 2 bridgehead atoms. The van der Waals surface area contributed by atoms with E-state index in [4.69, 9.17) is 12.8 Å². The first-order valence-electron chi connectivity index (χ1n) is 18.5. The molecular weight excluding hydrogens is 617 g/mol. The van der Waals surface area contributed by atoms with E-state index in [1.807, 2.05) is 0 Å². The van der Waals surface area contributed by atoms with Crippen molar-refractivity contribution >= 4 is 43.6 Å². The fourth-order valence-electron chi connectivity index (χ4n) is 9.74. The van der Waals surface area contributed by atoms with Gasteiger partial charge in [0.05, 0.1) is 35.2 Å². The highest BCUT2D eigenvalue weighted by Crippen LogP contribution is 2.62. The van der Waals surface area contributed by atoms with Gasteiger partial charge in [-0.1, -0.05) is 121 Å². The summed E-state index contributed by atoms with van der Waals surface area (Å²) in [5.41, 5.74) is 15.9. The van der Waals surface area contributed by atoms with Crippen molar-refractivity contribution in [2.45, 2.75) is 85.7 Å². The van der Waals surface area contributed by atoms with Gasteiger partial charge in [0.15, 0.2) is 0 Å². The smallest absolute Gasteiger partial charge is 0.0841 e. The molecule has 2 aliphatic carbocycles. The van der Waals surface area contributed by atoms with Gasteiger partial charge in [0, 0.05) is 27.0 Å². The molecule has 51 heavy (non-hydrogen) atoms. The van der Waals surface area contributed by atoms with Gasteiger partial charge >= 0.3 is 0 Å². The second-order valence-electron chi connectivity index (χ2n) is 17.2. The molecule has 0 amide bonds. The van der Waals surface area contributed by atoms with Crippen molar-refractivity contribution in [3.8, 4) is 46.9 Å². The third kappa shape index (κ3) is 4.20. The first kappa shape index (κ1) is 31.8. The summed E-state index contributed by atoms with van der Waals surface area (Å²) in [6.07, 6.45) is 14.5. The largest absolute Gasteiger partial charge is 0.327 e. The molecule has 0 saturated carbocycles. The van der Waals surface area contributed by atoms with E-state index >= 15 is 0 Å². The summed E-state index contributed by atoms with van der Waals surface area (Å²) in [4.78, 5) is 0. The number of hydrogen-bond acceptors (Lipinski definition) is 0. The van der Waals surface area contributed by atoms with Crippen molar-refractivity contribution in [1.29, 1.82) is 0 Å². The molecule has 2 heterocycles. The molecule has 2 nitrogen and oxygen atoms in total. The van der Waals surface area contributed by atoms with Gasteiger partial charge in [-0.05, 0) is 98.4 Å². The van der Waals surface area contributed by atoms with E-state index in [-0.39, 0.29) is 16.2 Å². The number of nitrogens with zero attached hydrogens (tertiary/aromatic N) is 2. The van der Waals surface area contributed by atoms with Crippen LogP contribution in [-0.2, 0) is 24.9 Å². The number of rotatable bonds is 4. The molecule has 0 fully saturated rings. The predicted octanol–water partition coefficient (Wildman–Crippen LogP) is 12.2. The number of fused-ring (bicyclic) bond motifs is 11. The normalized spacial score (nSPS) is 18.2. The summed E-state index contributed by atoms with van der Waals surface area (Å²) in [5.74, 6) is 6.36. The summed E-state index contributed by atoms with van der Waals surface area (Å²) >= 11 is 0. The van der Waals surface area contributed by atoms with E-state index in [9.17, 15) is 0 Å². The first-order valence-corrected chi connectivity index (χ1v) is 18.5. The number of aromatic nitrogens is 2. The van der Waals surface area contributed by atoms with Gasteiger partial charge in [-0.3, -0.25) is 0 Å². The second-order valence-corrected chi connectivity index (χ2v) is 17.2. The molecule has 2 heteroatoms. The van der Waals surface area contributed by atoms with E-state index in [1.54, 1.807) is 0 Å². The third-order valence-electron chi connectivity index (χ3n) is 13.3. The van der Waals surface area contributed by atoms with Crippen LogP contribution in [0.1, 0.15) is 83.1 Å². The van der Waals surface area contributed by atoms with Gasteiger partial charge in [-0.2, -0.15) is 0 Å². The van der Waals surface area contributed by atoms with Crippen LogP contribution < -0.4 is 0 Å². The monoisotopic (exact) mass is 662 g/mol. The molecule has 2 atom stereocenters. The van der Waals surface area contributed by atoms with Crippen LogP contribution in [0.3, 0.4) is 0 Å². The Labute approximate surface area is 302 Å². The van der Waals surface area contributed by atoms with Crippen LogP contribution in [-0.4, -0.2) is 9.13 Å². The highest BCUT2D eigenvalue weighted by Gasteiger charge is 2.51. The highest BCUT2D eigenvalue weighted by molar-refractivity contribution is 6.23. The van der Waals surface area contributed by atoms with Crippen molar-refractivity contribution < 1.29 is 0 Å². The van der Waals surface area contributed by atoms with Gasteiger partial charge < -0.3 is 9.13 Å². The Hall–Kier alpha value is -5.18. The maximum absolute atomic E-state index is 6.11. The SMILES string of the molecule is C#CCn1c2ccc(-c3cccc4c3C3(C)c5cc(ccc5-4)CCC3(C)C)cc2c2ccc3c4cc(C(C)C(C)(C)C)ccc4n(CC#C)c3c21. The summed E-state index contributed by atoms with van der Waals surface area (Å²) in [7, 11) is 0. The highest BCUT2D eigenvalue weighted by atomic mass is 15.0. The molecule has 0 N–H and O–H groups in total. The van der Waals surface area contributed by atoms with Crippen molar-refractivity contribution in [3.63, 3.8) is 0 Å². The van der Waals surface area contributed by atoms with Gasteiger partial charge in [-0.25, -0.2) is 0 Å². The summed E-state index contributed by atoms with van der Waals surface area (Å²) < 4.78 is 4.67. The summed E-state index contributed by atoms with van der Waals surface area (Å²) in [5, 5.41) is 4.90. The quantitative estimate of drug-likeness (QED) is 0.166. The molecule has 9 rings (SSSR count). The molecule has 2 aromatic heterocycles. The fraction of sp³-hybridized carbons (Fsp3) is 0.306. The number of benzene rings is 5. The lowest BCUT2D eigenvalue weighted by molar-refractivity contribution is 0.210. The standard InChI is InChI=1S/C49H46N2/c1-10-25-50-42-21-16-32(30(3)47(4,5)6)28-39(42)37-19-20-38-40-29-33(17-22-43(40)51(26-11-2)46(38)45(37)50)34-13-12-14-36-35-18-15-31-23-24-48(7,8)49(9,44(34)36)41(35)27-31/h1-2,12-22,27-30H,23-26H2,3-9H3. The number of terminal acetylenes is 2. The average molecular weight is 663 g/mol. The van der Waals surface area contributed by atoms with Crippen LogP contribution >= 0.6 is 0 Å². The van der Waals surface area contributed by atoms with Crippen LogP contribution in [0.5, 0.6) is 0 Å². The Bertz CT molecular complexity index is 2700. The minimum absolute atomic E-state index is 0.0900. The van der Waals surface area contributed by atoms with Crippen molar-refractivity contribution in [2.24, 2.45) is 10.8 Å². The Kier molecular flexibility index (Phi) is 6.65. The molecule has 2 aliphatic rings. The lowest BCUT2D eigenvalue weighted by atomic mass is 9.59.